The fourth-order valence-corrected chi connectivity index (χ4v) is 2.11. The van der Waals surface area contributed by atoms with Crippen molar-refractivity contribution in [1.82, 2.24) is 5.32 Å². The van der Waals surface area contributed by atoms with Gasteiger partial charge in [-0.05, 0) is 48.7 Å². The number of hydrogen-bond acceptors (Lipinski definition) is 2. The highest BCUT2D eigenvalue weighted by Crippen LogP contribution is 2.27. The first-order valence-electron chi connectivity index (χ1n) is 5.60. The smallest absolute Gasteiger partial charge is 0.328 e. The SMILES string of the molecule is O=C(O)/C=C/c1ccc(F)cc1[C@H]1CCCN1. The second kappa shape index (κ2) is 5.10. The lowest BCUT2D eigenvalue weighted by molar-refractivity contribution is -0.131. The van der Waals surface area contributed by atoms with Crippen molar-refractivity contribution in [2.24, 2.45) is 0 Å². The Balaban J connectivity index is 2.33. The first kappa shape index (κ1) is 11.8. The molecule has 1 aliphatic rings. The van der Waals surface area contributed by atoms with E-state index in [1.165, 1.54) is 18.2 Å². The van der Waals surface area contributed by atoms with E-state index in [-0.39, 0.29) is 11.9 Å². The molecule has 0 saturated carbocycles. The van der Waals surface area contributed by atoms with Crippen molar-refractivity contribution in [3.63, 3.8) is 0 Å². The first-order chi connectivity index (χ1) is 8.16. The van der Waals surface area contributed by atoms with Crippen LogP contribution >= 0.6 is 0 Å². The highest BCUT2D eigenvalue weighted by atomic mass is 19.1. The lowest BCUT2D eigenvalue weighted by atomic mass is 9.98. The van der Waals surface area contributed by atoms with Crippen molar-refractivity contribution in [2.75, 3.05) is 6.54 Å². The van der Waals surface area contributed by atoms with E-state index in [4.69, 9.17) is 5.11 Å². The summed E-state index contributed by atoms with van der Waals surface area (Å²) in [6.45, 7) is 0.920. The first-order valence-corrected chi connectivity index (χ1v) is 5.60. The number of nitrogens with one attached hydrogen (secondary N) is 1. The molecule has 2 rings (SSSR count). The van der Waals surface area contributed by atoms with E-state index in [9.17, 15) is 9.18 Å². The van der Waals surface area contributed by atoms with E-state index in [2.05, 4.69) is 5.32 Å². The Morgan fingerprint density at radius 2 is 2.35 bits per heavy atom. The van der Waals surface area contributed by atoms with Crippen LogP contribution in [0.5, 0.6) is 0 Å². The minimum Gasteiger partial charge on any atom is -0.478 e. The summed E-state index contributed by atoms with van der Waals surface area (Å²) in [6, 6.07) is 4.56. The van der Waals surface area contributed by atoms with Crippen molar-refractivity contribution < 1.29 is 14.3 Å². The van der Waals surface area contributed by atoms with Crippen LogP contribution in [0.15, 0.2) is 24.3 Å². The predicted octanol–water partition coefficient (Wildman–Crippen LogP) is 2.35. The fraction of sp³-hybridized carbons (Fsp3) is 0.308. The number of hydrogen-bond donors (Lipinski definition) is 2. The molecule has 90 valence electrons. The molecular formula is C13H14FNO2. The second-order valence-electron chi connectivity index (χ2n) is 4.09. The lowest BCUT2D eigenvalue weighted by Gasteiger charge is -2.14. The number of aliphatic carboxylic acids is 1. The van der Waals surface area contributed by atoms with E-state index in [1.54, 1.807) is 6.07 Å². The molecule has 1 atom stereocenters. The number of halogens is 1. The lowest BCUT2D eigenvalue weighted by Crippen LogP contribution is -2.14. The van der Waals surface area contributed by atoms with E-state index in [1.807, 2.05) is 0 Å². The van der Waals surface area contributed by atoms with Gasteiger partial charge >= 0.3 is 5.97 Å². The Kier molecular flexibility index (Phi) is 3.54. The predicted molar refractivity (Wildman–Crippen MR) is 63.0 cm³/mol. The van der Waals surface area contributed by atoms with Gasteiger partial charge in [0.2, 0.25) is 0 Å². The average Bonchev–Trinajstić information content (AvgIpc) is 2.80. The maximum Gasteiger partial charge on any atom is 0.328 e. The maximum absolute atomic E-state index is 13.2. The third kappa shape index (κ3) is 2.91. The van der Waals surface area contributed by atoms with Gasteiger partial charge in [0.1, 0.15) is 5.82 Å². The molecule has 0 aliphatic carbocycles. The molecule has 1 heterocycles. The van der Waals surface area contributed by atoms with Crippen LogP contribution in [-0.2, 0) is 4.79 Å². The minimum atomic E-state index is -1.00. The zero-order chi connectivity index (χ0) is 12.3. The third-order valence-corrected chi connectivity index (χ3v) is 2.89. The van der Waals surface area contributed by atoms with E-state index in [0.717, 1.165) is 36.6 Å². The molecule has 1 aromatic rings. The van der Waals surface area contributed by atoms with Gasteiger partial charge in [0, 0.05) is 12.1 Å². The molecule has 3 nitrogen and oxygen atoms in total. The molecule has 0 aromatic heterocycles. The Hall–Kier alpha value is -1.68. The van der Waals surface area contributed by atoms with Crippen LogP contribution < -0.4 is 5.32 Å². The molecule has 0 bridgehead atoms. The summed E-state index contributed by atoms with van der Waals surface area (Å²) in [5, 5.41) is 11.9. The van der Waals surface area contributed by atoms with Gasteiger partial charge < -0.3 is 10.4 Å². The summed E-state index contributed by atoms with van der Waals surface area (Å²) < 4.78 is 13.2. The normalized spacial score (nSPS) is 19.9. The Morgan fingerprint density at radius 3 is 3.00 bits per heavy atom. The summed E-state index contributed by atoms with van der Waals surface area (Å²) in [6.07, 6.45) is 4.60. The summed E-state index contributed by atoms with van der Waals surface area (Å²) in [5.41, 5.74) is 1.59. The van der Waals surface area contributed by atoms with Crippen LogP contribution in [0.3, 0.4) is 0 Å². The topological polar surface area (TPSA) is 49.3 Å². The summed E-state index contributed by atoms with van der Waals surface area (Å²) in [5.74, 6) is -1.29. The van der Waals surface area contributed by atoms with Gasteiger partial charge in [0.15, 0.2) is 0 Å². The van der Waals surface area contributed by atoms with Gasteiger partial charge in [0.25, 0.3) is 0 Å². The molecule has 1 saturated heterocycles. The zero-order valence-corrected chi connectivity index (χ0v) is 9.32. The van der Waals surface area contributed by atoms with Crippen molar-refractivity contribution in [3.8, 4) is 0 Å². The molecular weight excluding hydrogens is 221 g/mol. The highest BCUT2D eigenvalue weighted by Gasteiger charge is 2.18. The van der Waals surface area contributed by atoms with Gasteiger partial charge in [-0.25, -0.2) is 9.18 Å². The van der Waals surface area contributed by atoms with Crippen LogP contribution in [0.2, 0.25) is 0 Å². The van der Waals surface area contributed by atoms with Crippen LogP contribution in [0.25, 0.3) is 6.08 Å². The Labute approximate surface area is 99.0 Å². The molecule has 4 heteroatoms. The van der Waals surface area contributed by atoms with Crippen molar-refractivity contribution >= 4 is 12.0 Å². The molecule has 1 fully saturated rings. The van der Waals surface area contributed by atoms with E-state index >= 15 is 0 Å². The zero-order valence-electron chi connectivity index (χ0n) is 9.32. The monoisotopic (exact) mass is 235 g/mol. The Bertz CT molecular complexity index is 451. The summed E-state index contributed by atoms with van der Waals surface area (Å²) in [7, 11) is 0. The van der Waals surface area contributed by atoms with Gasteiger partial charge in [0.05, 0.1) is 0 Å². The van der Waals surface area contributed by atoms with Gasteiger partial charge in [-0.3, -0.25) is 0 Å². The average molecular weight is 235 g/mol. The number of carboxylic acids is 1. The van der Waals surface area contributed by atoms with Crippen LogP contribution in [0.1, 0.15) is 30.0 Å². The van der Waals surface area contributed by atoms with Crippen molar-refractivity contribution in [1.29, 1.82) is 0 Å². The second-order valence-corrected chi connectivity index (χ2v) is 4.09. The number of carbonyl (C=O) groups is 1. The number of carboxylic acid groups (broad SMARTS) is 1. The summed E-state index contributed by atoms with van der Waals surface area (Å²) >= 11 is 0. The van der Waals surface area contributed by atoms with Crippen molar-refractivity contribution in [2.45, 2.75) is 18.9 Å². The molecule has 0 unspecified atom stereocenters. The molecule has 0 radical (unpaired) electrons. The van der Waals surface area contributed by atoms with E-state index in [0.29, 0.717) is 0 Å². The standard InChI is InChI=1S/C13H14FNO2/c14-10-5-3-9(4-6-13(16)17)11(8-10)12-2-1-7-15-12/h3-6,8,12,15H,1-2,7H2,(H,16,17)/b6-4+/t12-/m1/s1. The molecule has 2 N–H and O–H groups in total. The van der Waals surface area contributed by atoms with Crippen LogP contribution in [0.4, 0.5) is 4.39 Å². The van der Waals surface area contributed by atoms with Crippen LogP contribution in [-0.4, -0.2) is 17.6 Å². The fourth-order valence-electron chi connectivity index (χ4n) is 2.11. The molecule has 0 amide bonds. The number of benzene rings is 1. The molecule has 0 spiro atoms. The van der Waals surface area contributed by atoms with Crippen molar-refractivity contribution in [3.05, 3.63) is 41.2 Å². The summed E-state index contributed by atoms with van der Waals surface area (Å²) in [4.78, 5) is 10.5. The minimum absolute atomic E-state index is 0.124. The van der Waals surface area contributed by atoms with Gasteiger partial charge in [-0.2, -0.15) is 0 Å². The Morgan fingerprint density at radius 1 is 1.53 bits per heavy atom. The van der Waals surface area contributed by atoms with E-state index < -0.39 is 5.97 Å². The van der Waals surface area contributed by atoms with Gasteiger partial charge in [-0.1, -0.05) is 6.07 Å². The van der Waals surface area contributed by atoms with Gasteiger partial charge in [-0.15, -0.1) is 0 Å². The maximum atomic E-state index is 13.2. The highest BCUT2D eigenvalue weighted by molar-refractivity contribution is 5.85. The quantitative estimate of drug-likeness (QED) is 0.791. The molecule has 1 aliphatic heterocycles. The molecule has 1 aromatic carbocycles. The number of rotatable bonds is 3. The van der Waals surface area contributed by atoms with Crippen LogP contribution in [0, 0.1) is 5.82 Å². The largest absolute Gasteiger partial charge is 0.478 e. The molecule has 17 heavy (non-hydrogen) atoms. The third-order valence-electron chi connectivity index (χ3n) is 2.89.